The van der Waals surface area contributed by atoms with Crippen LogP contribution in [0.15, 0.2) is 0 Å². The minimum atomic E-state index is -0.119. The van der Waals surface area contributed by atoms with Crippen LogP contribution in [0.1, 0.15) is 51.4 Å². The maximum atomic E-state index is 6.54. The van der Waals surface area contributed by atoms with E-state index in [1.165, 1.54) is 12.8 Å². The smallest absolute Gasteiger partial charge is 0.0850 e. The molecule has 1 N–H and O–H groups in total. The van der Waals surface area contributed by atoms with Gasteiger partial charge in [0, 0.05) is 25.6 Å². The number of hydrogen-bond donors (Lipinski definition) is 1. The van der Waals surface area contributed by atoms with Gasteiger partial charge in [0.15, 0.2) is 0 Å². The highest BCUT2D eigenvalue weighted by molar-refractivity contribution is 6.31. The Morgan fingerprint density at radius 1 is 1.43 bits per heavy atom. The van der Waals surface area contributed by atoms with Gasteiger partial charge < -0.3 is 10.1 Å². The van der Waals surface area contributed by atoms with Crippen LogP contribution in [0.4, 0.5) is 0 Å². The standard InChI is InChI=1S/C16H28ClN3O/c1-5-12-15(17)13(20(6-2)19-12)11-14(18-4)16(3)9-7-8-10-21-16/h14,18H,5-11H2,1-4H3. The lowest BCUT2D eigenvalue weighted by Crippen LogP contribution is -2.52. The van der Waals surface area contributed by atoms with Gasteiger partial charge in [-0.15, -0.1) is 0 Å². The molecule has 1 saturated heterocycles. The Balaban J connectivity index is 2.24. The number of aryl methyl sites for hydroxylation is 2. The number of halogens is 1. The van der Waals surface area contributed by atoms with Crippen LogP contribution < -0.4 is 5.32 Å². The van der Waals surface area contributed by atoms with Crippen LogP contribution in [0, 0.1) is 0 Å². The van der Waals surface area contributed by atoms with E-state index in [1.807, 2.05) is 11.7 Å². The van der Waals surface area contributed by atoms with Crippen LogP contribution in [0.2, 0.25) is 5.02 Å². The van der Waals surface area contributed by atoms with Crippen molar-refractivity contribution in [3.05, 3.63) is 16.4 Å². The molecule has 1 aromatic heterocycles. The minimum absolute atomic E-state index is 0.119. The number of nitrogens with zero attached hydrogens (tertiary/aromatic N) is 2. The molecule has 0 amide bonds. The van der Waals surface area contributed by atoms with Crippen molar-refractivity contribution in [3.8, 4) is 0 Å². The van der Waals surface area contributed by atoms with Gasteiger partial charge in [-0.2, -0.15) is 5.10 Å². The third-order valence-electron chi connectivity index (χ3n) is 4.68. The fourth-order valence-electron chi connectivity index (χ4n) is 3.26. The molecule has 0 aliphatic carbocycles. The summed E-state index contributed by atoms with van der Waals surface area (Å²) in [5.74, 6) is 0. The Morgan fingerprint density at radius 3 is 2.71 bits per heavy atom. The van der Waals surface area contributed by atoms with Gasteiger partial charge in [-0.25, -0.2) is 0 Å². The van der Waals surface area contributed by atoms with Crippen molar-refractivity contribution >= 4 is 11.6 Å². The van der Waals surface area contributed by atoms with Crippen molar-refractivity contribution in [1.82, 2.24) is 15.1 Å². The average molecular weight is 314 g/mol. The lowest BCUT2D eigenvalue weighted by molar-refractivity contribution is -0.0873. The first-order chi connectivity index (χ1) is 10.1. The molecule has 0 aromatic carbocycles. The topological polar surface area (TPSA) is 39.1 Å². The zero-order valence-electron chi connectivity index (χ0n) is 13.7. The number of hydrogen-bond acceptors (Lipinski definition) is 3. The van der Waals surface area contributed by atoms with Crippen molar-refractivity contribution in [1.29, 1.82) is 0 Å². The first kappa shape index (κ1) is 16.8. The number of ether oxygens (including phenoxy) is 1. The van der Waals surface area contributed by atoms with E-state index < -0.39 is 0 Å². The summed E-state index contributed by atoms with van der Waals surface area (Å²) in [6.07, 6.45) is 5.22. The molecule has 0 bridgehead atoms. The van der Waals surface area contributed by atoms with Gasteiger partial charge in [0.25, 0.3) is 0 Å². The number of nitrogens with one attached hydrogen (secondary N) is 1. The molecule has 120 valence electrons. The summed E-state index contributed by atoms with van der Waals surface area (Å²) < 4.78 is 8.14. The van der Waals surface area contributed by atoms with Crippen LogP contribution in [0.5, 0.6) is 0 Å². The summed E-state index contributed by atoms with van der Waals surface area (Å²) in [7, 11) is 2.01. The lowest BCUT2D eigenvalue weighted by atomic mass is 9.85. The van der Waals surface area contributed by atoms with E-state index in [2.05, 4.69) is 31.2 Å². The Bertz CT molecular complexity index is 466. The first-order valence-electron chi connectivity index (χ1n) is 8.11. The van der Waals surface area contributed by atoms with Crippen molar-refractivity contribution in [2.45, 2.75) is 71.1 Å². The Morgan fingerprint density at radius 2 is 2.19 bits per heavy atom. The second-order valence-electron chi connectivity index (χ2n) is 6.04. The average Bonchev–Trinajstić information content (AvgIpc) is 2.80. The summed E-state index contributed by atoms with van der Waals surface area (Å²) in [6.45, 7) is 8.13. The van der Waals surface area contributed by atoms with Crippen molar-refractivity contribution < 1.29 is 4.74 Å². The third-order valence-corrected chi connectivity index (χ3v) is 5.11. The van der Waals surface area contributed by atoms with Gasteiger partial charge >= 0.3 is 0 Å². The predicted molar refractivity (Wildman–Crippen MR) is 87.0 cm³/mol. The van der Waals surface area contributed by atoms with Gasteiger partial charge in [0.05, 0.1) is 22.0 Å². The summed E-state index contributed by atoms with van der Waals surface area (Å²) in [5, 5.41) is 8.89. The molecule has 2 heterocycles. The molecule has 1 aliphatic heterocycles. The van der Waals surface area contributed by atoms with E-state index in [-0.39, 0.29) is 11.6 Å². The van der Waals surface area contributed by atoms with E-state index in [0.29, 0.717) is 0 Å². The largest absolute Gasteiger partial charge is 0.374 e. The molecule has 0 radical (unpaired) electrons. The summed E-state index contributed by atoms with van der Waals surface area (Å²) >= 11 is 6.54. The minimum Gasteiger partial charge on any atom is -0.374 e. The van der Waals surface area contributed by atoms with E-state index in [4.69, 9.17) is 16.3 Å². The Labute approximate surface area is 133 Å². The molecular weight excluding hydrogens is 286 g/mol. The molecule has 1 fully saturated rings. The SMILES string of the molecule is CCc1nn(CC)c(CC(NC)C2(C)CCCCO2)c1Cl. The molecule has 0 saturated carbocycles. The van der Waals surface area contributed by atoms with E-state index in [0.717, 1.165) is 48.8 Å². The third kappa shape index (κ3) is 3.43. The molecule has 4 nitrogen and oxygen atoms in total. The molecule has 21 heavy (non-hydrogen) atoms. The monoisotopic (exact) mass is 313 g/mol. The van der Waals surface area contributed by atoms with E-state index in [1.54, 1.807) is 0 Å². The van der Waals surface area contributed by atoms with Gasteiger partial charge in [-0.1, -0.05) is 18.5 Å². The fourth-order valence-corrected chi connectivity index (χ4v) is 3.61. The summed E-state index contributed by atoms with van der Waals surface area (Å²) in [5.41, 5.74) is 2.01. The molecule has 2 atom stereocenters. The summed E-state index contributed by atoms with van der Waals surface area (Å²) in [6, 6.07) is 0.252. The van der Waals surface area contributed by atoms with Crippen LogP contribution in [-0.2, 0) is 24.1 Å². The fraction of sp³-hybridized carbons (Fsp3) is 0.812. The van der Waals surface area contributed by atoms with Crippen molar-refractivity contribution in [3.63, 3.8) is 0 Å². The molecule has 5 heteroatoms. The van der Waals surface area contributed by atoms with Crippen molar-refractivity contribution in [2.24, 2.45) is 0 Å². The quantitative estimate of drug-likeness (QED) is 0.876. The highest BCUT2D eigenvalue weighted by atomic mass is 35.5. The van der Waals surface area contributed by atoms with Gasteiger partial charge in [-0.3, -0.25) is 4.68 Å². The van der Waals surface area contributed by atoms with Crippen LogP contribution >= 0.6 is 11.6 Å². The molecule has 2 rings (SSSR count). The van der Waals surface area contributed by atoms with Crippen molar-refractivity contribution in [2.75, 3.05) is 13.7 Å². The molecule has 1 aliphatic rings. The lowest BCUT2D eigenvalue weighted by Gasteiger charge is -2.40. The highest BCUT2D eigenvalue weighted by Gasteiger charge is 2.37. The van der Waals surface area contributed by atoms with Crippen LogP contribution in [-0.4, -0.2) is 35.1 Å². The molecule has 1 aromatic rings. The second-order valence-corrected chi connectivity index (χ2v) is 6.42. The number of aromatic nitrogens is 2. The van der Waals surface area contributed by atoms with Crippen LogP contribution in [0.3, 0.4) is 0 Å². The zero-order chi connectivity index (χ0) is 15.5. The first-order valence-corrected chi connectivity index (χ1v) is 8.48. The summed E-state index contributed by atoms with van der Waals surface area (Å²) in [4.78, 5) is 0. The maximum absolute atomic E-state index is 6.54. The van der Waals surface area contributed by atoms with E-state index >= 15 is 0 Å². The van der Waals surface area contributed by atoms with Crippen LogP contribution in [0.25, 0.3) is 0 Å². The number of likely N-dealkylation sites (N-methyl/N-ethyl adjacent to an activating group) is 1. The molecular formula is C16H28ClN3O. The van der Waals surface area contributed by atoms with Gasteiger partial charge in [0.2, 0.25) is 0 Å². The molecule has 0 spiro atoms. The number of rotatable bonds is 6. The second kappa shape index (κ2) is 7.12. The highest BCUT2D eigenvalue weighted by Crippen LogP contribution is 2.31. The van der Waals surface area contributed by atoms with Gasteiger partial charge in [0.1, 0.15) is 0 Å². The predicted octanol–water partition coefficient (Wildman–Crippen LogP) is 3.21. The molecule has 2 unspecified atom stereocenters. The Hall–Kier alpha value is -0.580. The zero-order valence-corrected chi connectivity index (χ0v) is 14.5. The normalized spacial score (nSPS) is 24.2. The van der Waals surface area contributed by atoms with E-state index in [9.17, 15) is 0 Å². The maximum Gasteiger partial charge on any atom is 0.0850 e. The Kier molecular flexibility index (Phi) is 5.69. The van der Waals surface area contributed by atoms with Gasteiger partial charge in [-0.05, 0) is 46.6 Å².